The van der Waals surface area contributed by atoms with Gasteiger partial charge in [0, 0.05) is 6.42 Å². The van der Waals surface area contributed by atoms with Crippen LogP contribution in [0.25, 0.3) is 0 Å². The predicted octanol–water partition coefficient (Wildman–Crippen LogP) is 1.79. The number of allylic oxidation sites excluding steroid dienone is 1. The highest BCUT2D eigenvalue weighted by molar-refractivity contribution is 5.28. The normalized spacial score (nSPS) is 13.9. The predicted molar refractivity (Wildman–Crippen MR) is 81.7 cm³/mol. The van der Waals surface area contributed by atoms with E-state index in [0.29, 0.717) is 6.42 Å². The van der Waals surface area contributed by atoms with Gasteiger partial charge >= 0.3 is 0 Å². The van der Waals surface area contributed by atoms with Crippen molar-refractivity contribution in [3.05, 3.63) is 25.3 Å². The van der Waals surface area contributed by atoms with Gasteiger partial charge in [-0.3, -0.25) is 0 Å². The quantitative estimate of drug-likeness (QED) is 0.342. The minimum atomic E-state index is -0.879. The summed E-state index contributed by atoms with van der Waals surface area (Å²) < 4.78 is 0. The maximum atomic E-state index is 9.73. The van der Waals surface area contributed by atoms with E-state index in [0.717, 1.165) is 25.7 Å². The molecule has 3 nitrogen and oxygen atoms in total. The Morgan fingerprint density at radius 2 is 1.70 bits per heavy atom. The van der Waals surface area contributed by atoms with Crippen molar-refractivity contribution in [3.63, 3.8) is 0 Å². The SMILES string of the molecule is C=CCCCCC[C@H](O)[C@@H](O)CC#CC#C[C@@H](O)C=C. The Hall–Kier alpha value is -1.52. The topological polar surface area (TPSA) is 60.7 Å². The maximum absolute atomic E-state index is 9.73. The fraction of sp³-hybridized carbons (Fsp3) is 0.529. The first-order chi connectivity index (χ1) is 9.61. The van der Waals surface area contributed by atoms with Gasteiger partial charge in [0.15, 0.2) is 0 Å². The Kier molecular flexibility index (Phi) is 11.6. The van der Waals surface area contributed by atoms with Gasteiger partial charge in [0.25, 0.3) is 0 Å². The van der Waals surface area contributed by atoms with Crippen molar-refractivity contribution in [2.24, 2.45) is 0 Å². The first-order valence-corrected chi connectivity index (χ1v) is 6.87. The average molecular weight is 276 g/mol. The summed E-state index contributed by atoms with van der Waals surface area (Å²) in [6, 6.07) is 0. The van der Waals surface area contributed by atoms with E-state index >= 15 is 0 Å². The Morgan fingerprint density at radius 1 is 0.950 bits per heavy atom. The van der Waals surface area contributed by atoms with Crippen LogP contribution in [0.5, 0.6) is 0 Å². The molecule has 0 aliphatic heterocycles. The molecule has 0 unspecified atom stereocenters. The van der Waals surface area contributed by atoms with E-state index in [-0.39, 0.29) is 6.42 Å². The molecule has 0 spiro atoms. The summed E-state index contributed by atoms with van der Waals surface area (Å²) in [5.41, 5.74) is 0. The third-order valence-corrected chi connectivity index (χ3v) is 2.76. The molecule has 0 fully saturated rings. The molecule has 20 heavy (non-hydrogen) atoms. The van der Waals surface area contributed by atoms with Crippen molar-refractivity contribution in [2.75, 3.05) is 0 Å². The Bertz CT molecular complexity index is 392. The highest BCUT2D eigenvalue weighted by Crippen LogP contribution is 2.10. The molecule has 0 aliphatic rings. The van der Waals surface area contributed by atoms with Crippen LogP contribution in [0, 0.1) is 23.7 Å². The van der Waals surface area contributed by atoms with Crippen LogP contribution < -0.4 is 0 Å². The number of unbranched alkanes of at least 4 members (excludes halogenated alkanes) is 3. The molecule has 110 valence electrons. The first kappa shape index (κ1) is 18.5. The summed E-state index contributed by atoms with van der Waals surface area (Å²) in [7, 11) is 0. The van der Waals surface area contributed by atoms with E-state index in [4.69, 9.17) is 5.11 Å². The summed E-state index contributed by atoms with van der Waals surface area (Å²) in [5.74, 6) is 10.1. The number of hydrogen-bond acceptors (Lipinski definition) is 3. The summed E-state index contributed by atoms with van der Waals surface area (Å²) >= 11 is 0. The first-order valence-electron chi connectivity index (χ1n) is 6.87. The number of aliphatic hydroxyl groups is 3. The number of hydrogen-bond donors (Lipinski definition) is 3. The zero-order valence-corrected chi connectivity index (χ0v) is 11.9. The highest BCUT2D eigenvalue weighted by atomic mass is 16.3. The third-order valence-electron chi connectivity index (χ3n) is 2.76. The van der Waals surface area contributed by atoms with Crippen LogP contribution in [-0.2, 0) is 0 Å². The van der Waals surface area contributed by atoms with Crippen LogP contribution in [0.2, 0.25) is 0 Å². The number of aliphatic hydroxyl groups excluding tert-OH is 3. The van der Waals surface area contributed by atoms with Gasteiger partial charge in [-0.1, -0.05) is 43.4 Å². The van der Waals surface area contributed by atoms with Gasteiger partial charge in [-0.25, -0.2) is 0 Å². The fourth-order valence-corrected chi connectivity index (χ4v) is 1.52. The number of rotatable bonds is 9. The molecular weight excluding hydrogens is 252 g/mol. The third kappa shape index (κ3) is 10.4. The second-order valence-corrected chi connectivity index (χ2v) is 4.52. The monoisotopic (exact) mass is 276 g/mol. The molecule has 3 heteroatoms. The standard InChI is InChI=1S/C17H24O3/c1-3-5-6-7-10-13-16(19)17(20)14-11-8-9-12-15(18)4-2/h3-4,15-20H,1-2,5-7,10,13-14H2/t15-,16-,17-/m0/s1. The molecule has 0 saturated heterocycles. The van der Waals surface area contributed by atoms with Crippen molar-refractivity contribution in [3.8, 4) is 23.7 Å². The minimum Gasteiger partial charge on any atom is -0.390 e. The molecule has 0 radical (unpaired) electrons. The summed E-state index contributed by atoms with van der Waals surface area (Å²) in [6.07, 6.45) is 5.39. The van der Waals surface area contributed by atoms with Gasteiger partial charge in [-0.05, 0) is 31.1 Å². The van der Waals surface area contributed by atoms with Gasteiger partial charge in [-0.15, -0.1) is 6.58 Å². The molecule has 0 saturated carbocycles. The smallest absolute Gasteiger partial charge is 0.134 e. The molecule has 0 amide bonds. The lowest BCUT2D eigenvalue weighted by molar-refractivity contribution is 0.0165. The second-order valence-electron chi connectivity index (χ2n) is 4.52. The van der Waals surface area contributed by atoms with Crippen LogP contribution in [0.4, 0.5) is 0 Å². The van der Waals surface area contributed by atoms with Gasteiger partial charge in [0.2, 0.25) is 0 Å². The molecular formula is C17H24O3. The van der Waals surface area contributed by atoms with Crippen molar-refractivity contribution in [1.29, 1.82) is 0 Å². The lowest BCUT2D eigenvalue weighted by Gasteiger charge is -2.15. The lowest BCUT2D eigenvalue weighted by Crippen LogP contribution is -2.25. The summed E-state index contributed by atoms with van der Waals surface area (Å²) in [5, 5.41) is 28.5. The van der Waals surface area contributed by atoms with E-state index in [1.807, 2.05) is 6.08 Å². The zero-order valence-electron chi connectivity index (χ0n) is 11.9. The highest BCUT2D eigenvalue weighted by Gasteiger charge is 2.14. The molecule has 0 aromatic carbocycles. The largest absolute Gasteiger partial charge is 0.390 e. The van der Waals surface area contributed by atoms with Crippen LogP contribution in [0.3, 0.4) is 0 Å². The van der Waals surface area contributed by atoms with Crippen LogP contribution in [0.1, 0.15) is 38.5 Å². The lowest BCUT2D eigenvalue weighted by atomic mass is 10.0. The van der Waals surface area contributed by atoms with Gasteiger partial charge in [0.1, 0.15) is 6.10 Å². The van der Waals surface area contributed by atoms with E-state index in [2.05, 4.69) is 36.8 Å². The van der Waals surface area contributed by atoms with Crippen LogP contribution in [0.15, 0.2) is 25.3 Å². The molecule has 0 rings (SSSR count). The van der Waals surface area contributed by atoms with Crippen molar-refractivity contribution in [2.45, 2.75) is 56.8 Å². The van der Waals surface area contributed by atoms with Gasteiger partial charge < -0.3 is 15.3 Å². The minimum absolute atomic E-state index is 0.173. The molecule has 0 heterocycles. The van der Waals surface area contributed by atoms with Gasteiger partial charge in [0.05, 0.1) is 12.2 Å². The van der Waals surface area contributed by atoms with Crippen molar-refractivity contribution < 1.29 is 15.3 Å². The molecule has 3 N–H and O–H groups in total. The van der Waals surface area contributed by atoms with Gasteiger partial charge in [-0.2, -0.15) is 0 Å². The molecule has 0 aromatic rings. The average Bonchev–Trinajstić information content (AvgIpc) is 2.45. The Morgan fingerprint density at radius 3 is 2.35 bits per heavy atom. The second kappa shape index (κ2) is 12.5. The van der Waals surface area contributed by atoms with E-state index < -0.39 is 18.3 Å². The molecule has 0 bridgehead atoms. The Labute approximate surface area is 122 Å². The van der Waals surface area contributed by atoms with Crippen molar-refractivity contribution >= 4 is 0 Å². The maximum Gasteiger partial charge on any atom is 0.134 e. The fourth-order valence-electron chi connectivity index (χ4n) is 1.52. The van der Waals surface area contributed by atoms with E-state index in [1.54, 1.807) is 0 Å². The van der Waals surface area contributed by atoms with E-state index in [1.165, 1.54) is 6.08 Å². The Balaban J connectivity index is 3.86. The molecule has 0 aromatic heterocycles. The summed E-state index contributed by atoms with van der Waals surface area (Å²) in [4.78, 5) is 0. The molecule has 0 aliphatic carbocycles. The van der Waals surface area contributed by atoms with Crippen LogP contribution >= 0.6 is 0 Å². The van der Waals surface area contributed by atoms with Crippen molar-refractivity contribution in [1.82, 2.24) is 0 Å². The zero-order chi connectivity index (χ0) is 15.2. The van der Waals surface area contributed by atoms with Crippen LogP contribution in [-0.4, -0.2) is 33.6 Å². The summed E-state index contributed by atoms with van der Waals surface area (Å²) in [6.45, 7) is 7.03. The molecule has 3 atom stereocenters. The van der Waals surface area contributed by atoms with E-state index in [9.17, 15) is 10.2 Å².